The van der Waals surface area contributed by atoms with Crippen LogP contribution in [-0.4, -0.2) is 28.8 Å². The van der Waals surface area contributed by atoms with E-state index in [-0.39, 0.29) is 18.4 Å². The normalized spacial score (nSPS) is 14.9. The van der Waals surface area contributed by atoms with E-state index >= 15 is 0 Å². The SMILES string of the molecule is COc1cccc(N(C(C)=O)c2nc([C@H]3Nc4ccccc4C(=O)N3Cc3ccco3)cs2)c1. The van der Waals surface area contributed by atoms with Crippen LogP contribution in [0.1, 0.15) is 34.9 Å². The van der Waals surface area contributed by atoms with Crippen molar-refractivity contribution in [3.8, 4) is 5.75 Å². The van der Waals surface area contributed by atoms with Gasteiger partial charge in [-0.25, -0.2) is 4.98 Å². The number of amides is 2. The first-order chi connectivity index (χ1) is 16.5. The Hall–Kier alpha value is -4.11. The first-order valence-corrected chi connectivity index (χ1v) is 11.5. The summed E-state index contributed by atoms with van der Waals surface area (Å²) in [4.78, 5) is 34.0. The summed E-state index contributed by atoms with van der Waals surface area (Å²) in [6.45, 7) is 1.76. The van der Waals surface area contributed by atoms with Crippen LogP contribution in [-0.2, 0) is 11.3 Å². The van der Waals surface area contributed by atoms with Gasteiger partial charge >= 0.3 is 0 Å². The van der Waals surface area contributed by atoms with Gasteiger partial charge in [0.05, 0.1) is 36.9 Å². The topological polar surface area (TPSA) is 87.9 Å². The minimum atomic E-state index is -0.531. The van der Waals surface area contributed by atoms with Gasteiger partial charge in [0.15, 0.2) is 5.13 Å². The Labute approximate surface area is 200 Å². The van der Waals surface area contributed by atoms with Crippen LogP contribution in [0.3, 0.4) is 0 Å². The van der Waals surface area contributed by atoms with Crippen molar-refractivity contribution in [1.29, 1.82) is 0 Å². The minimum Gasteiger partial charge on any atom is -0.497 e. The van der Waals surface area contributed by atoms with Gasteiger partial charge in [-0.3, -0.25) is 14.5 Å². The van der Waals surface area contributed by atoms with Crippen molar-refractivity contribution in [2.24, 2.45) is 0 Å². The molecule has 4 aromatic rings. The van der Waals surface area contributed by atoms with Crippen molar-refractivity contribution in [3.63, 3.8) is 0 Å². The molecule has 0 spiro atoms. The highest BCUT2D eigenvalue weighted by Crippen LogP contribution is 2.37. The smallest absolute Gasteiger partial charge is 0.258 e. The largest absolute Gasteiger partial charge is 0.497 e. The van der Waals surface area contributed by atoms with Crippen LogP contribution in [0.5, 0.6) is 5.75 Å². The van der Waals surface area contributed by atoms with E-state index in [0.29, 0.717) is 33.6 Å². The number of rotatable bonds is 6. The molecule has 0 aliphatic carbocycles. The average molecular weight is 475 g/mol. The summed E-state index contributed by atoms with van der Waals surface area (Å²) >= 11 is 1.33. The lowest BCUT2D eigenvalue weighted by Crippen LogP contribution is -2.42. The third-order valence-electron chi connectivity index (χ3n) is 5.54. The van der Waals surface area contributed by atoms with Crippen LogP contribution in [0.2, 0.25) is 0 Å². The molecule has 0 radical (unpaired) electrons. The number of fused-ring (bicyclic) bond motifs is 1. The summed E-state index contributed by atoms with van der Waals surface area (Å²) in [6.07, 6.45) is 1.05. The second kappa shape index (κ2) is 9.03. The van der Waals surface area contributed by atoms with E-state index in [1.54, 1.807) is 36.5 Å². The zero-order valence-electron chi connectivity index (χ0n) is 18.6. The Balaban J connectivity index is 1.52. The number of hydrogen-bond acceptors (Lipinski definition) is 7. The fourth-order valence-corrected chi connectivity index (χ4v) is 4.85. The molecule has 2 amide bonds. The lowest BCUT2D eigenvalue weighted by molar-refractivity contribution is -0.115. The molecule has 2 aromatic carbocycles. The molecule has 0 saturated carbocycles. The molecule has 0 saturated heterocycles. The highest BCUT2D eigenvalue weighted by Gasteiger charge is 2.35. The number of nitrogens with zero attached hydrogens (tertiary/aromatic N) is 3. The maximum Gasteiger partial charge on any atom is 0.258 e. The lowest BCUT2D eigenvalue weighted by Gasteiger charge is -2.36. The maximum atomic E-state index is 13.4. The number of methoxy groups -OCH3 is 1. The Morgan fingerprint density at radius 2 is 2.06 bits per heavy atom. The summed E-state index contributed by atoms with van der Waals surface area (Å²) in [5.74, 6) is 0.999. The van der Waals surface area contributed by atoms with Gasteiger partial charge in [0, 0.05) is 24.1 Å². The fraction of sp³-hybridized carbons (Fsp3) is 0.160. The Morgan fingerprint density at radius 3 is 2.82 bits per heavy atom. The van der Waals surface area contributed by atoms with Gasteiger partial charge < -0.3 is 19.4 Å². The molecule has 9 heteroatoms. The highest BCUT2D eigenvalue weighted by molar-refractivity contribution is 7.14. The number of carbonyl (C=O) groups is 2. The van der Waals surface area contributed by atoms with E-state index < -0.39 is 6.17 Å². The average Bonchev–Trinajstić information content (AvgIpc) is 3.53. The van der Waals surface area contributed by atoms with Crippen LogP contribution < -0.4 is 15.0 Å². The van der Waals surface area contributed by atoms with Crippen molar-refractivity contribution < 1.29 is 18.7 Å². The molecule has 3 heterocycles. The van der Waals surface area contributed by atoms with Gasteiger partial charge in [-0.1, -0.05) is 18.2 Å². The first kappa shape index (κ1) is 21.7. The summed E-state index contributed by atoms with van der Waals surface area (Å²) in [5, 5.41) is 5.79. The molecule has 5 rings (SSSR count). The van der Waals surface area contributed by atoms with E-state index in [0.717, 1.165) is 5.69 Å². The lowest BCUT2D eigenvalue weighted by atomic mass is 10.1. The van der Waals surface area contributed by atoms with Crippen LogP contribution in [0, 0.1) is 0 Å². The number of nitrogens with one attached hydrogen (secondary N) is 1. The van der Waals surface area contributed by atoms with Crippen molar-refractivity contribution >= 4 is 39.7 Å². The van der Waals surface area contributed by atoms with Gasteiger partial charge in [0.2, 0.25) is 5.91 Å². The zero-order valence-corrected chi connectivity index (χ0v) is 19.4. The Kier molecular flexibility index (Phi) is 5.77. The minimum absolute atomic E-state index is 0.124. The Morgan fingerprint density at radius 1 is 1.21 bits per heavy atom. The second-order valence-corrected chi connectivity index (χ2v) is 8.55. The Bertz CT molecular complexity index is 1330. The number of ether oxygens (including phenoxy) is 1. The third kappa shape index (κ3) is 4.01. The van der Waals surface area contributed by atoms with Gasteiger partial charge in [0.25, 0.3) is 5.91 Å². The van der Waals surface area contributed by atoms with Crippen LogP contribution in [0.25, 0.3) is 0 Å². The van der Waals surface area contributed by atoms with E-state index in [4.69, 9.17) is 14.1 Å². The quantitative estimate of drug-likeness (QED) is 0.413. The molecule has 0 unspecified atom stereocenters. The van der Waals surface area contributed by atoms with Gasteiger partial charge in [-0.2, -0.15) is 0 Å². The number of furan rings is 1. The molecule has 34 heavy (non-hydrogen) atoms. The van der Waals surface area contributed by atoms with E-state index in [1.807, 2.05) is 47.8 Å². The van der Waals surface area contributed by atoms with Crippen molar-refractivity contribution in [3.05, 3.63) is 89.3 Å². The maximum absolute atomic E-state index is 13.4. The molecular weight excluding hydrogens is 452 g/mol. The van der Waals surface area contributed by atoms with Crippen molar-refractivity contribution in [2.45, 2.75) is 19.6 Å². The molecule has 1 N–H and O–H groups in total. The monoisotopic (exact) mass is 474 g/mol. The van der Waals surface area contributed by atoms with Crippen molar-refractivity contribution in [1.82, 2.24) is 9.88 Å². The summed E-state index contributed by atoms with van der Waals surface area (Å²) in [7, 11) is 1.58. The second-order valence-electron chi connectivity index (χ2n) is 7.72. The van der Waals surface area contributed by atoms with Crippen LogP contribution in [0.15, 0.2) is 76.7 Å². The summed E-state index contributed by atoms with van der Waals surface area (Å²) in [5.41, 5.74) is 2.60. The number of carbonyl (C=O) groups excluding carboxylic acids is 2. The molecule has 1 aliphatic rings. The number of hydrogen-bond donors (Lipinski definition) is 1. The number of aromatic nitrogens is 1. The predicted molar refractivity (Wildman–Crippen MR) is 129 cm³/mol. The number of thiazole rings is 1. The number of benzene rings is 2. The van der Waals surface area contributed by atoms with Crippen LogP contribution >= 0.6 is 11.3 Å². The van der Waals surface area contributed by atoms with Gasteiger partial charge in [-0.05, 0) is 36.4 Å². The number of anilines is 3. The third-order valence-corrected chi connectivity index (χ3v) is 6.38. The molecule has 2 aromatic heterocycles. The fourth-order valence-electron chi connectivity index (χ4n) is 3.94. The summed E-state index contributed by atoms with van der Waals surface area (Å²) < 4.78 is 10.8. The molecule has 1 aliphatic heterocycles. The van der Waals surface area contributed by atoms with Gasteiger partial charge in [-0.15, -0.1) is 11.3 Å². The zero-order chi connectivity index (χ0) is 23.7. The van der Waals surface area contributed by atoms with E-state index in [2.05, 4.69) is 5.32 Å². The number of para-hydroxylation sites is 1. The standard InChI is InChI=1S/C25H22N4O4S/c1-16(30)29(17-7-5-8-18(13-17)32-2)25-27-22(15-34-25)23-26-21-11-4-3-10-20(21)24(31)28(23)14-19-9-6-12-33-19/h3-13,15,23,26H,14H2,1-2H3/t23-/m0/s1. The van der Waals surface area contributed by atoms with Crippen LogP contribution in [0.4, 0.5) is 16.5 Å². The molecule has 1 atom stereocenters. The molecule has 172 valence electrons. The highest BCUT2D eigenvalue weighted by atomic mass is 32.1. The molecule has 0 bridgehead atoms. The summed E-state index contributed by atoms with van der Waals surface area (Å²) in [6, 6.07) is 18.3. The van der Waals surface area contributed by atoms with E-state index in [1.165, 1.54) is 23.2 Å². The van der Waals surface area contributed by atoms with Crippen molar-refractivity contribution in [2.75, 3.05) is 17.3 Å². The first-order valence-electron chi connectivity index (χ1n) is 10.6. The van der Waals surface area contributed by atoms with Gasteiger partial charge in [0.1, 0.15) is 17.7 Å². The molecule has 0 fully saturated rings. The van der Waals surface area contributed by atoms with E-state index in [9.17, 15) is 9.59 Å². The molecular formula is C25H22N4O4S. The molecule has 8 nitrogen and oxygen atoms in total. The predicted octanol–water partition coefficient (Wildman–Crippen LogP) is 5.20.